The molecule has 18 heavy (non-hydrogen) atoms. The first-order valence-electron chi connectivity index (χ1n) is 6.44. The quantitative estimate of drug-likeness (QED) is 0.846. The number of likely N-dealkylation sites (tertiary alicyclic amines) is 1. The van der Waals surface area contributed by atoms with Gasteiger partial charge in [0.05, 0.1) is 12.0 Å². The molecule has 1 rings (SSSR count). The fraction of sp³-hybridized carbons (Fsp3) is 0.917. The highest BCUT2D eigenvalue weighted by Gasteiger charge is 2.43. The average molecular weight is 266 g/mol. The molecule has 2 atom stereocenters. The molecule has 0 radical (unpaired) electrons. The van der Waals surface area contributed by atoms with Crippen LogP contribution in [-0.4, -0.2) is 42.7 Å². The predicted octanol–water partition coefficient (Wildman–Crippen LogP) is 2.18. The van der Waals surface area contributed by atoms with Gasteiger partial charge in [0.25, 0.3) is 0 Å². The van der Waals surface area contributed by atoms with Crippen molar-refractivity contribution < 1.29 is 18.0 Å². The third kappa shape index (κ3) is 4.15. The number of carbonyl (C=O) groups excluding carboxylic acids is 1. The molecule has 0 aromatic rings. The number of alkyl halides is 3. The molecule has 0 unspecified atom stereocenters. The number of rotatable bonds is 4. The van der Waals surface area contributed by atoms with E-state index in [1.165, 1.54) is 0 Å². The third-order valence-electron chi connectivity index (χ3n) is 3.39. The van der Waals surface area contributed by atoms with Crippen LogP contribution >= 0.6 is 0 Å². The molecule has 1 aliphatic rings. The Kier molecular flexibility index (Phi) is 5.44. The van der Waals surface area contributed by atoms with Crippen LogP contribution < -0.4 is 5.32 Å². The van der Waals surface area contributed by atoms with Gasteiger partial charge in [-0.25, -0.2) is 0 Å². The Labute approximate surface area is 106 Å². The van der Waals surface area contributed by atoms with E-state index in [9.17, 15) is 18.0 Å². The molecule has 0 saturated carbocycles. The van der Waals surface area contributed by atoms with E-state index in [2.05, 4.69) is 5.32 Å². The van der Waals surface area contributed by atoms with Crippen LogP contribution in [-0.2, 0) is 4.79 Å². The third-order valence-corrected chi connectivity index (χ3v) is 3.39. The van der Waals surface area contributed by atoms with Gasteiger partial charge in [-0.15, -0.1) is 0 Å². The Morgan fingerprint density at radius 2 is 2.17 bits per heavy atom. The van der Waals surface area contributed by atoms with E-state index in [1.807, 2.05) is 6.92 Å². The van der Waals surface area contributed by atoms with E-state index in [0.717, 1.165) is 6.42 Å². The van der Waals surface area contributed by atoms with Gasteiger partial charge in [0, 0.05) is 13.1 Å². The summed E-state index contributed by atoms with van der Waals surface area (Å²) in [5.41, 5.74) is 0. The molecule has 1 fully saturated rings. The van der Waals surface area contributed by atoms with Crippen molar-refractivity contribution in [2.24, 2.45) is 5.92 Å². The van der Waals surface area contributed by atoms with E-state index in [4.69, 9.17) is 0 Å². The van der Waals surface area contributed by atoms with Crippen LogP contribution in [0.15, 0.2) is 0 Å². The van der Waals surface area contributed by atoms with Gasteiger partial charge in [-0.3, -0.25) is 9.69 Å². The molecule has 3 nitrogen and oxygen atoms in total. The Balaban J connectivity index is 2.53. The Bertz CT molecular complexity index is 281. The fourth-order valence-electron chi connectivity index (χ4n) is 2.19. The molecular formula is C12H21F3N2O. The van der Waals surface area contributed by atoms with Crippen LogP contribution in [0.2, 0.25) is 0 Å². The standard InChI is InChI=1S/C12H21F3N2O/c1-3-6-16-11(18)9(2)17-7-4-5-10(8-17)12(13,14)15/h9-10H,3-8H2,1-2H3,(H,16,18)/t9-,10-/m0/s1. The number of hydrogen-bond donors (Lipinski definition) is 1. The summed E-state index contributed by atoms with van der Waals surface area (Å²) < 4.78 is 38.0. The Hall–Kier alpha value is -0.780. The van der Waals surface area contributed by atoms with Crippen molar-refractivity contribution in [3.8, 4) is 0 Å². The van der Waals surface area contributed by atoms with Crippen molar-refractivity contribution >= 4 is 5.91 Å². The van der Waals surface area contributed by atoms with Crippen molar-refractivity contribution in [3.05, 3.63) is 0 Å². The lowest BCUT2D eigenvalue weighted by Gasteiger charge is -2.36. The van der Waals surface area contributed by atoms with Gasteiger partial charge in [0.1, 0.15) is 0 Å². The largest absolute Gasteiger partial charge is 0.393 e. The lowest BCUT2D eigenvalue weighted by molar-refractivity contribution is -0.188. The smallest absolute Gasteiger partial charge is 0.355 e. The number of nitrogens with zero attached hydrogens (tertiary/aromatic N) is 1. The van der Waals surface area contributed by atoms with Crippen molar-refractivity contribution in [1.82, 2.24) is 10.2 Å². The SMILES string of the molecule is CCCNC(=O)[C@H](C)N1CCC[C@H](C(F)(F)F)C1. The van der Waals surface area contributed by atoms with Crippen LogP contribution in [0, 0.1) is 5.92 Å². The maximum Gasteiger partial charge on any atom is 0.393 e. The molecule has 1 saturated heterocycles. The summed E-state index contributed by atoms with van der Waals surface area (Å²) in [5.74, 6) is -1.48. The summed E-state index contributed by atoms with van der Waals surface area (Å²) in [4.78, 5) is 13.4. The minimum absolute atomic E-state index is 0.0653. The van der Waals surface area contributed by atoms with E-state index in [1.54, 1.807) is 11.8 Å². The van der Waals surface area contributed by atoms with Crippen molar-refractivity contribution in [3.63, 3.8) is 0 Å². The normalized spacial score (nSPS) is 23.7. The summed E-state index contributed by atoms with van der Waals surface area (Å²) in [6, 6.07) is -0.485. The number of nitrogens with one attached hydrogen (secondary N) is 1. The maximum atomic E-state index is 12.7. The van der Waals surface area contributed by atoms with E-state index >= 15 is 0 Å². The Morgan fingerprint density at radius 3 is 2.72 bits per heavy atom. The highest BCUT2D eigenvalue weighted by molar-refractivity contribution is 5.81. The van der Waals surface area contributed by atoms with Crippen LogP contribution in [0.3, 0.4) is 0 Å². The minimum Gasteiger partial charge on any atom is -0.355 e. The van der Waals surface area contributed by atoms with Gasteiger partial charge in [0.15, 0.2) is 0 Å². The highest BCUT2D eigenvalue weighted by Crippen LogP contribution is 2.33. The first kappa shape index (κ1) is 15.3. The molecule has 0 aromatic carbocycles. The van der Waals surface area contributed by atoms with Gasteiger partial charge >= 0.3 is 6.18 Å². The second-order valence-corrected chi connectivity index (χ2v) is 4.84. The molecule has 0 bridgehead atoms. The zero-order valence-corrected chi connectivity index (χ0v) is 10.9. The monoisotopic (exact) mass is 266 g/mol. The predicted molar refractivity (Wildman–Crippen MR) is 63.1 cm³/mol. The molecule has 1 amide bonds. The second kappa shape index (κ2) is 6.41. The van der Waals surface area contributed by atoms with E-state index in [0.29, 0.717) is 19.5 Å². The van der Waals surface area contributed by atoms with Crippen molar-refractivity contribution in [1.29, 1.82) is 0 Å². The lowest BCUT2D eigenvalue weighted by atomic mass is 9.96. The maximum absolute atomic E-state index is 12.7. The number of halogens is 3. The highest BCUT2D eigenvalue weighted by atomic mass is 19.4. The fourth-order valence-corrected chi connectivity index (χ4v) is 2.19. The molecule has 1 aliphatic heterocycles. The average Bonchev–Trinajstić information content (AvgIpc) is 2.34. The van der Waals surface area contributed by atoms with Crippen molar-refractivity contribution in [2.75, 3.05) is 19.6 Å². The lowest BCUT2D eigenvalue weighted by Crippen LogP contribution is -2.51. The van der Waals surface area contributed by atoms with Gasteiger partial charge in [0.2, 0.25) is 5.91 Å². The Morgan fingerprint density at radius 1 is 1.50 bits per heavy atom. The number of carbonyl (C=O) groups is 1. The van der Waals surface area contributed by atoms with E-state index < -0.39 is 18.1 Å². The van der Waals surface area contributed by atoms with Crippen LogP contribution in [0.4, 0.5) is 13.2 Å². The van der Waals surface area contributed by atoms with Gasteiger partial charge in [-0.2, -0.15) is 13.2 Å². The molecule has 1 heterocycles. The van der Waals surface area contributed by atoms with Gasteiger partial charge < -0.3 is 5.32 Å². The van der Waals surface area contributed by atoms with Gasteiger partial charge in [-0.1, -0.05) is 6.92 Å². The van der Waals surface area contributed by atoms with E-state index in [-0.39, 0.29) is 18.9 Å². The summed E-state index contributed by atoms with van der Waals surface area (Å²) in [6.45, 7) is 4.67. The van der Waals surface area contributed by atoms with Crippen LogP contribution in [0.25, 0.3) is 0 Å². The number of amides is 1. The topological polar surface area (TPSA) is 32.3 Å². The molecular weight excluding hydrogens is 245 g/mol. The summed E-state index contributed by atoms with van der Waals surface area (Å²) in [5, 5.41) is 2.72. The van der Waals surface area contributed by atoms with Crippen LogP contribution in [0.5, 0.6) is 0 Å². The summed E-state index contributed by atoms with van der Waals surface area (Å²) >= 11 is 0. The molecule has 0 aliphatic carbocycles. The summed E-state index contributed by atoms with van der Waals surface area (Å²) in [6.07, 6.45) is -2.67. The molecule has 1 N–H and O–H groups in total. The second-order valence-electron chi connectivity index (χ2n) is 4.84. The minimum atomic E-state index is -4.15. The van der Waals surface area contributed by atoms with Crippen molar-refractivity contribution in [2.45, 2.75) is 45.3 Å². The molecule has 106 valence electrons. The van der Waals surface area contributed by atoms with Crippen LogP contribution in [0.1, 0.15) is 33.1 Å². The number of piperidine rings is 1. The van der Waals surface area contributed by atoms with Gasteiger partial charge in [-0.05, 0) is 32.7 Å². The molecule has 0 aromatic heterocycles. The molecule has 6 heteroatoms. The summed E-state index contributed by atoms with van der Waals surface area (Å²) in [7, 11) is 0. The number of hydrogen-bond acceptors (Lipinski definition) is 2. The first-order valence-corrected chi connectivity index (χ1v) is 6.44. The zero-order valence-electron chi connectivity index (χ0n) is 10.9. The zero-order chi connectivity index (χ0) is 13.8. The molecule has 0 spiro atoms. The first-order chi connectivity index (χ1) is 8.36.